The Labute approximate surface area is 123 Å². The van der Waals surface area contributed by atoms with E-state index in [0.29, 0.717) is 23.7 Å². The van der Waals surface area contributed by atoms with Gasteiger partial charge in [-0.2, -0.15) is 5.26 Å². The van der Waals surface area contributed by atoms with E-state index < -0.39 is 0 Å². The smallest absolute Gasteiger partial charge is 0.254 e. The van der Waals surface area contributed by atoms with Gasteiger partial charge in [0.05, 0.1) is 23.9 Å². The van der Waals surface area contributed by atoms with Crippen LogP contribution in [0.2, 0.25) is 0 Å². The molecule has 1 aromatic heterocycles. The van der Waals surface area contributed by atoms with Crippen molar-refractivity contribution in [3.8, 4) is 6.07 Å². The number of carbonyl (C=O) groups excluding carboxylic acids is 1. The third kappa shape index (κ3) is 3.09. The van der Waals surface area contributed by atoms with Gasteiger partial charge in [0.15, 0.2) is 0 Å². The molecular formula is C17H15N3O. The quantitative estimate of drug-likeness (QED) is 0.863. The van der Waals surface area contributed by atoms with E-state index in [0.717, 1.165) is 18.5 Å². The second-order valence-electron chi connectivity index (χ2n) is 5.17. The van der Waals surface area contributed by atoms with Crippen molar-refractivity contribution in [1.29, 1.82) is 5.26 Å². The molecule has 1 heterocycles. The summed E-state index contributed by atoms with van der Waals surface area (Å²) in [4.78, 5) is 18.8. The maximum Gasteiger partial charge on any atom is 0.254 e. The van der Waals surface area contributed by atoms with Gasteiger partial charge >= 0.3 is 0 Å². The van der Waals surface area contributed by atoms with Gasteiger partial charge in [-0.3, -0.25) is 9.78 Å². The number of nitrogens with zero attached hydrogens (tertiary/aromatic N) is 3. The van der Waals surface area contributed by atoms with E-state index in [4.69, 9.17) is 5.26 Å². The maximum atomic E-state index is 12.6. The van der Waals surface area contributed by atoms with E-state index in [-0.39, 0.29) is 5.91 Å². The molecule has 1 aliphatic rings. The Kier molecular flexibility index (Phi) is 3.65. The predicted octanol–water partition coefficient (Wildman–Crippen LogP) is 2.76. The molecule has 4 heteroatoms. The van der Waals surface area contributed by atoms with Gasteiger partial charge in [-0.05, 0) is 49.2 Å². The molecule has 0 spiro atoms. The lowest BCUT2D eigenvalue weighted by Gasteiger charge is -2.22. The van der Waals surface area contributed by atoms with Crippen LogP contribution in [0.3, 0.4) is 0 Å². The number of amides is 1. The Balaban J connectivity index is 1.80. The molecule has 0 unspecified atom stereocenters. The summed E-state index contributed by atoms with van der Waals surface area (Å²) in [5, 5.41) is 8.82. The molecule has 1 saturated carbocycles. The number of benzene rings is 1. The number of carbonyl (C=O) groups is 1. The van der Waals surface area contributed by atoms with Crippen molar-refractivity contribution < 1.29 is 4.79 Å². The standard InChI is InChI=1S/C17H15N3O/c18-11-13-4-6-14(7-5-13)17(21)20(16-8-9-16)12-15-3-1-2-10-19-15/h1-7,10,16H,8-9,12H2. The third-order valence-corrected chi connectivity index (χ3v) is 3.57. The molecule has 0 bridgehead atoms. The van der Waals surface area contributed by atoms with Crippen LogP contribution in [-0.2, 0) is 6.54 Å². The Morgan fingerprint density at radius 2 is 2.00 bits per heavy atom. The van der Waals surface area contributed by atoms with E-state index >= 15 is 0 Å². The molecular weight excluding hydrogens is 262 g/mol. The molecule has 0 atom stereocenters. The van der Waals surface area contributed by atoms with E-state index in [2.05, 4.69) is 11.1 Å². The van der Waals surface area contributed by atoms with Crippen LogP contribution in [-0.4, -0.2) is 21.8 Å². The van der Waals surface area contributed by atoms with Crippen LogP contribution in [0.1, 0.15) is 34.5 Å². The molecule has 0 aliphatic heterocycles. The zero-order valence-corrected chi connectivity index (χ0v) is 11.6. The van der Waals surface area contributed by atoms with Crippen LogP contribution < -0.4 is 0 Å². The zero-order chi connectivity index (χ0) is 14.7. The summed E-state index contributed by atoms with van der Waals surface area (Å²) in [6, 6.07) is 14.9. The van der Waals surface area contributed by atoms with Gasteiger partial charge in [-0.25, -0.2) is 0 Å². The van der Waals surface area contributed by atoms with Gasteiger partial charge in [0.1, 0.15) is 0 Å². The van der Waals surface area contributed by atoms with Crippen molar-refractivity contribution >= 4 is 5.91 Å². The van der Waals surface area contributed by atoms with Gasteiger partial charge in [0.25, 0.3) is 5.91 Å². The average molecular weight is 277 g/mol. The number of rotatable bonds is 4. The first-order valence-corrected chi connectivity index (χ1v) is 6.99. The monoisotopic (exact) mass is 277 g/mol. The lowest BCUT2D eigenvalue weighted by Crippen LogP contribution is -2.32. The highest BCUT2D eigenvalue weighted by atomic mass is 16.2. The summed E-state index contributed by atoms with van der Waals surface area (Å²) in [6.45, 7) is 0.532. The topological polar surface area (TPSA) is 57.0 Å². The molecule has 21 heavy (non-hydrogen) atoms. The Hall–Kier alpha value is -2.67. The van der Waals surface area contributed by atoms with Gasteiger partial charge in [-0.15, -0.1) is 0 Å². The van der Waals surface area contributed by atoms with Crippen LogP contribution in [0.15, 0.2) is 48.7 Å². The summed E-state index contributed by atoms with van der Waals surface area (Å²) in [5.74, 6) is 0.00708. The largest absolute Gasteiger partial charge is 0.330 e. The Bertz CT molecular complexity index is 669. The summed E-state index contributed by atoms with van der Waals surface area (Å²) >= 11 is 0. The minimum absolute atomic E-state index is 0.00708. The molecule has 1 amide bonds. The second kappa shape index (κ2) is 5.76. The lowest BCUT2D eigenvalue weighted by atomic mass is 10.1. The predicted molar refractivity (Wildman–Crippen MR) is 78.3 cm³/mol. The molecule has 1 aliphatic carbocycles. The van der Waals surface area contributed by atoms with Crippen molar-refractivity contribution in [2.24, 2.45) is 0 Å². The fraction of sp³-hybridized carbons (Fsp3) is 0.235. The van der Waals surface area contributed by atoms with Gasteiger partial charge in [-0.1, -0.05) is 6.07 Å². The first-order valence-electron chi connectivity index (χ1n) is 6.99. The molecule has 0 radical (unpaired) electrons. The number of aromatic nitrogens is 1. The van der Waals surface area contributed by atoms with Gasteiger partial charge in [0, 0.05) is 17.8 Å². The van der Waals surface area contributed by atoms with Crippen molar-refractivity contribution in [2.45, 2.75) is 25.4 Å². The lowest BCUT2D eigenvalue weighted by molar-refractivity contribution is 0.0727. The first kappa shape index (κ1) is 13.3. The maximum absolute atomic E-state index is 12.6. The average Bonchev–Trinajstić information content (AvgIpc) is 3.38. The fourth-order valence-electron chi connectivity index (χ4n) is 2.27. The molecule has 1 fully saturated rings. The highest BCUT2D eigenvalue weighted by Crippen LogP contribution is 2.29. The van der Waals surface area contributed by atoms with Gasteiger partial charge < -0.3 is 4.90 Å². The second-order valence-corrected chi connectivity index (χ2v) is 5.17. The minimum Gasteiger partial charge on any atom is -0.330 e. The molecule has 104 valence electrons. The van der Waals surface area contributed by atoms with E-state index in [1.54, 1.807) is 30.5 Å². The van der Waals surface area contributed by atoms with E-state index in [9.17, 15) is 4.79 Å². The summed E-state index contributed by atoms with van der Waals surface area (Å²) < 4.78 is 0. The minimum atomic E-state index is 0.00708. The number of hydrogen-bond donors (Lipinski definition) is 0. The third-order valence-electron chi connectivity index (χ3n) is 3.57. The van der Waals surface area contributed by atoms with Crippen LogP contribution in [0.25, 0.3) is 0 Å². The van der Waals surface area contributed by atoms with Crippen molar-refractivity contribution in [1.82, 2.24) is 9.88 Å². The number of pyridine rings is 1. The van der Waals surface area contributed by atoms with Crippen molar-refractivity contribution in [2.75, 3.05) is 0 Å². The van der Waals surface area contributed by atoms with Crippen LogP contribution in [0, 0.1) is 11.3 Å². The molecule has 2 aromatic rings. The number of hydrogen-bond acceptors (Lipinski definition) is 3. The molecule has 3 rings (SSSR count). The van der Waals surface area contributed by atoms with Crippen LogP contribution in [0.5, 0.6) is 0 Å². The van der Waals surface area contributed by atoms with Crippen molar-refractivity contribution in [3.63, 3.8) is 0 Å². The molecule has 1 aromatic carbocycles. The van der Waals surface area contributed by atoms with E-state index in [1.165, 1.54) is 0 Å². The SMILES string of the molecule is N#Cc1ccc(C(=O)N(Cc2ccccn2)C2CC2)cc1. The van der Waals surface area contributed by atoms with Crippen LogP contribution >= 0.6 is 0 Å². The van der Waals surface area contributed by atoms with Gasteiger partial charge in [0.2, 0.25) is 0 Å². The Morgan fingerprint density at radius 3 is 2.57 bits per heavy atom. The highest BCUT2D eigenvalue weighted by Gasteiger charge is 2.33. The number of nitriles is 1. The summed E-state index contributed by atoms with van der Waals surface area (Å²) in [7, 11) is 0. The normalized spacial score (nSPS) is 13.5. The zero-order valence-electron chi connectivity index (χ0n) is 11.6. The van der Waals surface area contributed by atoms with Crippen molar-refractivity contribution in [3.05, 3.63) is 65.5 Å². The highest BCUT2D eigenvalue weighted by molar-refractivity contribution is 5.94. The van der Waals surface area contributed by atoms with E-state index in [1.807, 2.05) is 23.1 Å². The molecule has 0 N–H and O–H groups in total. The molecule has 4 nitrogen and oxygen atoms in total. The first-order chi connectivity index (χ1) is 10.3. The molecule has 0 saturated heterocycles. The summed E-state index contributed by atoms with van der Waals surface area (Å²) in [5.41, 5.74) is 2.08. The Morgan fingerprint density at radius 1 is 1.24 bits per heavy atom. The van der Waals surface area contributed by atoms with Crippen LogP contribution in [0.4, 0.5) is 0 Å². The fourth-order valence-corrected chi connectivity index (χ4v) is 2.27. The summed E-state index contributed by atoms with van der Waals surface area (Å²) in [6.07, 6.45) is 3.84.